The van der Waals surface area contributed by atoms with Crippen molar-refractivity contribution in [3.63, 3.8) is 0 Å². The number of hydrogen-bond donors (Lipinski definition) is 0. The molecule has 146 valence electrons. The average Bonchev–Trinajstić information content (AvgIpc) is 3.29. The first-order chi connectivity index (χ1) is 14.1. The van der Waals surface area contributed by atoms with Crippen LogP contribution in [0.25, 0.3) is 11.1 Å². The molecule has 1 fully saturated rings. The minimum absolute atomic E-state index is 0.00933. The van der Waals surface area contributed by atoms with Crippen LogP contribution in [0.1, 0.15) is 31.2 Å². The lowest BCUT2D eigenvalue weighted by Gasteiger charge is -2.34. The summed E-state index contributed by atoms with van der Waals surface area (Å²) in [5.41, 5.74) is 3.84. The first-order valence-corrected chi connectivity index (χ1v) is 11.2. The van der Waals surface area contributed by atoms with Crippen LogP contribution in [0.5, 0.6) is 0 Å². The Labute approximate surface area is 181 Å². The van der Waals surface area contributed by atoms with Gasteiger partial charge in [-0.2, -0.15) is 0 Å². The van der Waals surface area contributed by atoms with Crippen molar-refractivity contribution >= 4 is 39.0 Å². The Morgan fingerprint density at radius 2 is 1.62 bits per heavy atom. The summed E-state index contributed by atoms with van der Waals surface area (Å²) in [6, 6.07) is 17.4. The molecular formula is C23H19BrN2O2S. The maximum atomic E-state index is 13.0. The van der Waals surface area contributed by atoms with Gasteiger partial charge < -0.3 is 4.90 Å². The maximum absolute atomic E-state index is 13.0. The molecule has 0 unspecified atom stereocenters. The standard InChI is InChI=1S/C23H19BrN2O2S/c24-21-8-6-16(29-21)14-25-9-11-26(12-10-25)23(28)15-5-7-18-17-3-1-2-4-19(17)22(27)20(18)13-15/h1-8,13H,9-12,14H2. The fraction of sp³-hybridized carbons (Fsp3) is 0.217. The summed E-state index contributed by atoms with van der Waals surface area (Å²) in [4.78, 5) is 31.4. The van der Waals surface area contributed by atoms with E-state index < -0.39 is 0 Å². The molecule has 0 N–H and O–H groups in total. The topological polar surface area (TPSA) is 40.6 Å². The van der Waals surface area contributed by atoms with Crippen LogP contribution in [0, 0.1) is 0 Å². The largest absolute Gasteiger partial charge is 0.336 e. The van der Waals surface area contributed by atoms with Gasteiger partial charge in [0.05, 0.1) is 3.79 Å². The SMILES string of the molecule is O=C1c2ccccc2-c2ccc(C(=O)N3CCN(Cc4ccc(Br)s4)CC3)cc21. The fourth-order valence-corrected chi connectivity index (χ4v) is 5.64. The monoisotopic (exact) mass is 466 g/mol. The van der Waals surface area contributed by atoms with Crippen molar-refractivity contribution in [3.05, 3.63) is 80.0 Å². The molecule has 3 aromatic rings. The summed E-state index contributed by atoms with van der Waals surface area (Å²) in [5, 5.41) is 0. The number of piperazine rings is 1. The smallest absolute Gasteiger partial charge is 0.253 e. The summed E-state index contributed by atoms with van der Waals surface area (Å²) in [5.74, 6) is 0.0206. The van der Waals surface area contributed by atoms with Crippen molar-refractivity contribution in [3.8, 4) is 11.1 Å². The molecule has 0 atom stereocenters. The van der Waals surface area contributed by atoms with Crippen molar-refractivity contribution in [2.75, 3.05) is 26.2 Å². The summed E-state index contributed by atoms with van der Waals surface area (Å²) >= 11 is 5.26. The normalized spacial score (nSPS) is 16.0. The first-order valence-electron chi connectivity index (χ1n) is 9.64. The van der Waals surface area contributed by atoms with Crippen LogP contribution in [0.4, 0.5) is 0 Å². The van der Waals surface area contributed by atoms with Crippen LogP contribution in [-0.4, -0.2) is 47.7 Å². The van der Waals surface area contributed by atoms with E-state index in [9.17, 15) is 9.59 Å². The maximum Gasteiger partial charge on any atom is 0.253 e. The van der Waals surface area contributed by atoms with E-state index in [0.717, 1.165) is 40.1 Å². The number of hydrogen-bond acceptors (Lipinski definition) is 4. The zero-order chi connectivity index (χ0) is 20.0. The number of thiophene rings is 1. The van der Waals surface area contributed by atoms with Gasteiger partial charge in [-0.15, -0.1) is 11.3 Å². The molecule has 1 aliphatic heterocycles. The fourth-order valence-electron chi connectivity index (χ4n) is 4.11. The number of halogens is 1. The molecule has 29 heavy (non-hydrogen) atoms. The number of carbonyl (C=O) groups excluding carboxylic acids is 2. The number of amides is 1. The van der Waals surface area contributed by atoms with E-state index in [0.29, 0.717) is 24.2 Å². The van der Waals surface area contributed by atoms with Crippen molar-refractivity contribution < 1.29 is 9.59 Å². The van der Waals surface area contributed by atoms with Gasteiger partial charge in [0, 0.05) is 54.3 Å². The second kappa shape index (κ2) is 7.52. The number of fused-ring (bicyclic) bond motifs is 3. The van der Waals surface area contributed by atoms with Crippen molar-refractivity contribution in [1.29, 1.82) is 0 Å². The molecule has 6 heteroatoms. The molecule has 2 aliphatic rings. The van der Waals surface area contributed by atoms with E-state index in [1.165, 1.54) is 4.88 Å². The summed E-state index contributed by atoms with van der Waals surface area (Å²) in [6.45, 7) is 4.05. The van der Waals surface area contributed by atoms with Gasteiger partial charge in [-0.3, -0.25) is 14.5 Å². The number of carbonyl (C=O) groups is 2. The lowest BCUT2D eigenvalue weighted by Crippen LogP contribution is -2.48. The van der Waals surface area contributed by atoms with E-state index in [4.69, 9.17) is 0 Å². The van der Waals surface area contributed by atoms with Crippen LogP contribution >= 0.6 is 27.3 Å². The zero-order valence-electron chi connectivity index (χ0n) is 15.7. The Kier molecular flexibility index (Phi) is 4.86. The highest BCUT2D eigenvalue weighted by molar-refractivity contribution is 9.11. The van der Waals surface area contributed by atoms with E-state index in [2.05, 4.69) is 33.0 Å². The molecule has 4 nitrogen and oxygen atoms in total. The van der Waals surface area contributed by atoms with Gasteiger partial charge >= 0.3 is 0 Å². The number of nitrogens with zero attached hydrogens (tertiary/aromatic N) is 2. The predicted molar refractivity (Wildman–Crippen MR) is 119 cm³/mol. The van der Waals surface area contributed by atoms with Gasteiger partial charge in [0.15, 0.2) is 5.78 Å². The van der Waals surface area contributed by atoms with Gasteiger partial charge in [0.1, 0.15) is 0 Å². The van der Waals surface area contributed by atoms with Crippen LogP contribution in [0.15, 0.2) is 58.4 Å². The molecule has 0 radical (unpaired) electrons. The van der Waals surface area contributed by atoms with Crippen molar-refractivity contribution in [1.82, 2.24) is 9.80 Å². The lowest BCUT2D eigenvalue weighted by atomic mass is 10.0. The summed E-state index contributed by atoms with van der Waals surface area (Å²) in [7, 11) is 0. The third kappa shape index (κ3) is 3.45. The lowest BCUT2D eigenvalue weighted by molar-refractivity contribution is 0.0629. The molecular weight excluding hydrogens is 448 g/mol. The Morgan fingerprint density at radius 1 is 0.897 bits per heavy atom. The predicted octanol–water partition coefficient (Wildman–Crippen LogP) is 4.68. The molecule has 2 heterocycles. The zero-order valence-corrected chi connectivity index (χ0v) is 18.1. The molecule has 1 amide bonds. The Morgan fingerprint density at radius 3 is 2.34 bits per heavy atom. The van der Waals surface area contributed by atoms with Gasteiger partial charge in [-0.05, 0) is 51.3 Å². The quantitative estimate of drug-likeness (QED) is 0.440. The first kappa shape index (κ1) is 18.7. The molecule has 0 bridgehead atoms. The van der Waals surface area contributed by atoms with Crippen molar-refractivity contribution in [2.45, 2.75) is 6.54 Å². The Bertz CT molecular complexity index is 1120. The highest BCUT2D eigenvalue weighted by Gasteiger charge is 2.28. The number of ketones is 1. The van der Waals surface area contributed by atoms with E-state index in [-0.39, 0.29) is 11.7 Å². The molecule has 2 aromatic carbocycles. The minimum atomic E-state index is 0.00933. The second-order valence-corrected chi connectivity index (χ2v) is 9.96. The van der Waals surface area contributed by atoms with Crippen LogP contribution in [0.2, 0.25) is 0 Å². The second-order valence-electron chi connectivity index (χ2n) is 7.41. The van der Waals surface area contributed by atoms with Gasteiger partial charge in [0.25, 0.3) is 5.91 Å². The number of rotatable bonds is 3. The van der Waals surface area contributed by atoms with E-state index >= 15 is 0 Å². The van der Waals surface area contributed by atoms with E-state index in [1.807, 2.05) is 41.3 Å². The summed E-state index contributed by atoms with van der Waals surface area (Å²) in [6.07, 6.45) is 0. The molecule has 1 aliphatic carbocycles. The van der Waals surface area contributed by atoms with E-state index in [1.54, 1.807) is 17.4 Å². The Balaban J connectivity index is 1.28. The van der Waals surface area contributed by atoms with Gasteiger partial charge in [0.2, 0.25) is 0 Å². The summed E-state index contributed by atoms with van der Waals surface area (Å²) < 4.78 is 1.15. The van der Waals surface area contributed by atoms with Crippen LogP contribution in [-0.2, 0) is 6.54 Å². The van der Waals surface area contributed by atoms with Crippen LogP contribution in [0.3, 0.4) is 0 Å². The number of benzene rings is 2. The highest BCUT2D eigenvalue weighted by atomic mass is 79.9. The molecule has 0 spiro atoms. The van der Waals surface area contributed by atoms with Gasteiger partial charge in [-0.1, -0.05) is 30.3 Å². The average molecular weight is 467 g/mol. The van der Waals surface area contributed by atoms with Crippen LogP contribution < -0.4 is 0 Å². The molecule has 0 saturated carbocycles. The molecule has 1 aromatic heterocycles. The third-order valence-corrected chi connectivity index (χ3v) is 7.25. The molecule has 5 rings (SSSR count). The third-order valence-electron chi connectivity index (χ3n) is 5.64. The Hall–Kier alpha value is -2.28. The van der Waals surface area contributed by atoms with Gasteiger partial charge in [-0.25, -0.2) is 0 Å². The van der Waals surface area contributed by atoms with Crippen molar-refractivity contribution in [2.24, 2.45) is 0 Å². The molecule has 1 saturated heterocycles. The highest BCUT2D eigenvalue weighted by Crippen LogP contribution is 2.36. The minimum Gasteiger partial charge on any atom is -0.336 e.